The molecule has 0 aliphatic heterocycles. The van der Waals surface area contributed by atoms with Gasteiger partial charge in [-0.3, -0.25) is 5.43 Å². The number of nitrogens with one attached hydrogen (secondary N) is 1. The molecule has 0 aliphatic rings. The Hall–Kier alpha value is -2.60. The summed E-state index contributed by atoms with van der Waals surface area (Å²) in [7, 11) is 0. The number of benzene rings is 1. The third-order valence-electron chi connectivity index (χ3n) is 1.45. The number of phenols is 1. The molecule has 0 bridgehead atoms. The van der Waals surface area contributed by atoms with Crippen LogP contribution < -0.4 is 5.43 Å². The predicted octanol–water partition coefficient (Wildman–Crippen LogP) is 1.35. The van der Waals surface area contributed by atoms with Crippen LogP contribution in [0, 0.1) is 28.5 Å². The first-order valence-corrected chi connectivity index (χ1v) is 3.80. The molecule has 1 rings (SSSR count). The average Bonchev–Trinajstić information content (AvgIpc) is 2.24. The summed E-state index contributed by atoms with van der Waals surface area (Å²) >= 11 is 0. The minimum atomic E-state index is -0.647. The van der Waals surface area contributed by atoms with Crippen molar-refractivity contribution in [1.82, 2.24) is 0 Å². The molecule has 0 saturated heterocycles. The van der Waals surface area contributed by atoms with E-state index in [4.69, 9.17) is 15.6 Å². The number of phenolic OH excluding ortho intramolecular Hbond substituents is 1. The highest BCUT2D eigenvalue weighted by Gasteiger charge is 2.02. The number of hydrazone groups is 1. The topological polar surface area (TPSA) is 92.2 Å². The van der Waals surface area contributed by atoms with Crippen LogP contribution in [0.2, 0.25) is 0 Å². The first kappa shape index (κ1) is 10.5. The zero-order chi connectivity index (χ0) is 11.3. The van der Waals surface area contributed by atoms with E-state index in [9.17, 15) is 4.39 Å². The van der Waals surface area contributed by atoms with Crippen molar-refractivity contribution in [3.63, 3.8) is 0 Å². The second kappa shape index (κ2) is 4.58. The Morgan fingerprint density at radius 1 is 1.40 bits per heavy atom. The number of hydrogen-bond donors (Lipinski definition) is 2. The van der Waals surface area contributed by atoms with Gasteiger partial charge in [0.15, 0.2) is 0 Å². The van der Waals surface area contributed by atoms with E-state index in [1.807, 2.05) is 0 Å². The largest absolute Gasteiger partial charge is 0.508 e. The summed E-state index contributed by atoms with van der Waals surface area (Å²) < 4.78 is 13.0. The molecule has 1 aromatic rings. The Bertz CT molecular complexity index is 468. The third-order valence-corrected chi connectivity index (χ3v) is 1.45. The predicted molar refractivity (Wildman–Crippen MR) is 50.3 cm³/mol. The van der Waals surface area contributed by atoms with Crippen molar-refractivity contribution in [2.75, 3.05) is 5.43 Å². The minimum Gasteiger partial charge on any atom is -0.508 e. The minimum absolute atomic E-state index is 0.113. The number of nitrogens with zero attached hydrogens (tertiary/aromatic N) is 3. The Morgan fingerprint density at radius 2 is 2.07 bits per heavy atom. The Morgan fingerprint density at radius 3 is 2.67 bits per heavy atom. The highest BCUT2D eigenvalue weighted by molar-refractivity contribution is 6.10. The normalized spacial score (nSPS) is 8.47. The fourth-order valence-corrected chi connectivity index (χ4v) is 0.790. The Kier molecular flexibility index (Phi) is 3.20. The number of halogens is 1. The standard InChI is InChI=1S/C9H5FN4O/c10-8-2-1-7(15)3-9(8)14-13-6(4-11)5-12/h1-3,14-15H. The van der Waals surface area contributed by atoms with Gasteiger partial charge in [0.1, 0.15) is 23.7 Å². The molecule has 0 aromatic heterocycles. The number of anilines is 1. The van der Waals surface area contributed by atoms with Gasteiger partial charge in [0.2, 0.25) is 5.71 Å². The first-order chi connectivity index (χ1) is 7.17. The van der Waals surface area contributed by atoms with Crippen LogP contribution in [0.5, 0.6) is 5.75 Å². The van der Waals surface area contributed by atoms with Gasteiger partial charge >= 0.3 is 0 Å². The van der Waals surface area contributed by atoms with Crippen LogP contribution in [0.4, 0.5) is 10.1 Å². The van der Waals surface area contributed by atoms with Gasteiger partial charge in [-0.2, -0.15) is 15.6 Å². The van der Waals surface area contributed by atoms with E-state index < -0.39 is 11.5 Å². The number of hydrogen-bond acceptors (Lipinski definition) is 5. The molecule has 0 amide bonds. The second-order valence-electron chi connectivity index (χ2n) is 2.46. The van der Waals surface area contributed by atoms with Crippen LogP contribution in [0.1, 0.15) is 0 Å². The smallest absolute Gasteiger partial charge is 0.237 e. The molecule has 2 N–H and O–H groups in total. The maximum atomic E-state index is 13.0. The van der Waals surface area contributed by atoms with Gasteiger partial charge in [-0.15, -0.1) is 0 Å². The zero-order valence-electron chi connectivity index (χ0n) is 7.40. The molecule has 0 spiro atoms. The summed E-state index contributed by atoms with van der Waals surface area (Å²) in [5.41, 5.74) is 1.62. The summed E-state index contributed by atoms with van der Waals surface area (Å²) in [6.45, 7) is 0. The van der Waals surface area contributed by atoms with Crippen LogP contribution in [0.3, 0.4) is 0 Å². The number of nitriles is 2. The van der Waals surface area contributed by atoms with Crippen molar-refractivity contribution in [3.8, 4) is 17.9 Å². The van der Waals surface area contributed by atoms with Gasteiger partial charge in [-0.05, 0) is 12.1 Å². The summed E-state index contributed by atoms with van der Waals surface area (Å²) in [5, 5.41) is 29.0. The lowest BCUT2D eigenvalue weighted by molar-refractivity contribution is 0.473. The van der Waals surface area contributed by atoms with Crippen LogP contribution in [0.25, 0.3) is 0 Å². The van der Waals surface area contributed by atoms with Gasteiger partial charge in [-0.1, -0.05) is 0 Å². The molecule has 15 heavy (non-hydrogen) atoms. The van der Waals surface area contributed by atoms with Crippen LogP contribution in [-0.4, -0.2) is 10.8 Å². The lowest BCUT2D eigenvalue weighted by Gasteiger charge is -2.01. The quantitative estimate of drug-likeness (QED) is 0.561. The van der Waals surface area contributed by atoms with Crippen molar-refractivity contribution >= 4 is 11.4 Å². The zero-order valence-corrected chi connectivity index (χ0v) is 7.40. The van der Waals surface area contributed by atoms with E-state index in [1.165, 1.54) is 18.2 Å². The van der Waals surface area contributed by atoms with Gasteiger partial charge in [0.25, 0.3) is 0 Å². The molecule has 0 fully saturated rings. The maximum Gasteiger partial charge on any atom is 0.237 e. The third kappa shape index (κ3) is 2.68. The maximum absolute atomic E-state index is 13.0. The van der Waals surface area contributed by atoms with Crippen molar-refractivity contribution in [2.24, 2.45) is 5.10 Å². The molecule has 5 nitrogen and oxygen atoms in total. The molecule has 6 heteroatoms. The van der Waals surface area contributed by atoms with Crippen molar-refractivity contribution in [1.29, 1.82) is 10.5 Å². The molecule has 74 valence electrons. The molecule has 0 unspecified atom stereocenters. The molecular weight excluding hydrogens is 199 g/mol. The summed E-state index contributed by atoms with van der Waals surface area (Å²) in [6.07, 6.45) is 0. The second-order valence-corrected chi connectivity index (χ2v) is 2.46. The average molecular weight is 204 g/mol. The van der Waals surface area contributed by atoms with Gasteiger partial charge in [0.05, 0.1) is 5.69 Å². The van der Waals surface area contributed by atoms with Gasteiger partial charge in [0, 0.05) is 6.07 Å². The van der Waals surface area contributed by atoms with E-state index in [0.29, 0.717) is 0 Å². The van der Waals surface area contributed by atoms with Crippen molar-refractivity contribution in [2.45, 2.75) is 0 Å². The molecule has 0 atom stereocenters. The molecule has 0 aliphatic carbocycles. The Balaban J connectivity index is 2.92. The lowest BCUT2D eigenvalue weighted by Crippen LogP contribution is -1.98. The Labute approximate surface area is 84.7 Å². The first-order valence-electron chi connectivity index (χ1n) is 3.80. The van der Waals surface area contributed by atoms with Crippen molar-refractivity contribution in [3.05, 3.63) is 24.0 Å². The van der Waals surface area contributed by atoms with E-state index >= 15 is 0 Å². The lowest BCUT2D eigenvalue weighted by atomic mass is 10.3. The van der Waals surface area contributed by atoms with Crippen LogP contribution in [0.15, 0.2) is 23.3 Å². The summed E-state index contributed by atoms with van der Waals surface area (Å²) in [4.78, 5) is 0. The van der Waals surface area contributed by atoms with Crippen LogP contribution in [-0.2, 0) is 0 Å². The fourth-order valence-electron chi connectivity index (χ4n) is 0.790. The molecule has 0 heterocycles. The fraction of sp³-hybridized carbons (Fsp3) is 0. The monoisotopic (exact) mass is 204 g/mol. The van der Waals surface area contributed by atoms with Crippen LogP contribution >= 0.6 is 0 Å². The summed E-state index contributed by atoms with van der Waals surface area (Å²) in [6, 6.07) is 6.28. The van der Waals surface area contributed by atoms with Crippen molar-refractivity contribution < 1.29 is 9.50 Å². The van der Waals surface area contributed by atoms with E-state index in [1.54, 1.807) is 0 Å². The van der Waals surface area contributed by atoms with E-state index in [0.717, 1.165) is 12.1 Å². The van der Waals surface area contributed by atoms with E-state index in [-0.39, 0.29) is 11.4 Å². The van der Waals surface area contributed by atoms with Gasteiger partial charge < -0.3 is 5.11 Å². The summed E-state index contributed by atoms with van der Waals surface area (Å²) in [5.74, 6) is -0.795. The number of rotatable bonds is 2. The highest BCUT2D eigenvalue weighted by atomic mass is 19.1. The van der Waals surface area contributed by atoms with E-state index in [2.05, 4.69) is 10.5 Å². The highest BCUT2D eigenvalue weighted by Crippen LogP contribution is 2.19. The molecule has 0 saturated carbocycles. The SMILES string of the molecule is N#CC(C#N)=NNc1cc(O)ccc1F. The molecule has 1 aromatic carbocycles. The molecule has 0 radical (unpaired) electrons. The van der Waals surface area contributed by atoms with Gasteiger partial charge in [-0.25, -0.2) is 4.39 Å². The molecular formula is C9H5FN4O. The number of aromatic hydroxyl groups is 1.